The summed E-state index contributed by atoms with van der Waals surface area (Å²) in [6.45, 7) is 6.59. The minimum atomic E-state index is -0.661. The third-order valence-electron chi connectivity index (χ3n) is 7.61. The Labute approximate surface area is 143 Å². The summed E-state index contributed by atoms with van der Waals surface area (Å²) >= 11 is 0. The molecule has 0 radical (unpaired) electrons. The highest BCUT2D eigenvalue weighted by Crippen LogP contribution is 2.64. The van der Waals surface area contributed by atoms with Gasteiger partial charge in [0, 0.05) is 18.2 Å². The summed E-state index contributed by atoms with van der Waals surface area (Å²) < 4.78 is 6.41. The molecule has 4 unspecified atom stereocenters. The van der Waals surface area contributed by atoms with Crippen molar-refractivity contribution in [2.75, 3.05) is 13.1 Å². The molecular weight excluding hydrogens is 298 g/mol. The van der Waals surface area contributed by atoms with E-state index in [0.717, 1.165) is 43.9 Å². The van der Waals surface area contributed by atoms with Gasteiger partial charge in [-0.25, -0.2) is 0 Å². The topological polar surface area (TPSA) is 32.7 Å². The maximum absolute atomic E-state index is 12.1. The largest absolute Gasteiger partial charge is 0.485 e. The Hall–Kier alpha value is -1.32. The number of likely N-dealkylation sites (tertiary alicyclic amines) is 1. The number of hydrogen-bond acceptors (Lipinski definition) is 3. The van der Waals surface area contributed by atoms with Crippen LogP contribution < -0.4 is 4.74 Å². The number of rotatable bonds is 2. The summed E-state index contributed by atoms with van der Waals surface area (Å²) in [6, 6.07) is 6.72. The monoisotopic (exact) mass is 323 g/mol. The van der Waals surface area contributed by atoms with E-state index < -0.39 is 5.60 Å². The van der Waals surface area contributed by atoms with Crippen molar-refractivity contribution in [3.8, 4) is 5.75 Å². The van der Waals surface area contributed by atoms with E-state index in [4.69, 9.17) is 4.74 Å². The number of ether oxygens (including phenoxy) is 1. The van der Waals surface area contributed by atoms with Crippen LogP contribution in [0, 0.1) is 5.92 Å². The summed E-state index contributed by atoms with van der Waals surface area (Å²) in [5.41, 5.74) is 2.99. The molecule has 5 aliphatic rings. The van der Waals surface area contributed by atoms with Gasteiger partial charge < -0.3 is 9.84 Å². The number of piperidine rings is 1. The fraction of sp³-hybridized carbons (Fsp3) is 0.619. The Bertz CT molecular complexity index is 754. The van der Waals surface area contributed by atoms with Crippen molar-refractivity contribution >= 4 is 0 Å². The lowest BCUT2D eigenvalue weighted by Crippen LogP contribution is -2.75. The minimum Gasteiger partial charge on any atom is -0.485 e. The fourth-order valence-electron chi connectivity index (χ4n) is 6.36. The van der Waals surface area contributed by atoms with Crippen LogP contribution in [-0.4, -0.2) is 40.8 Å². The first-order chi connectivity index (χ1) is 11.6. The molecule has 24 heavy (non-hydrogen) atoms. The highest BCUT2D eigenvalue weighted by atomic mass is 16.5. The fourth-order valence-corrected chi connectivity index (χ4v) is 6.36. The summed E-state index contributed by atoms with van der Waals surface area (Å²) in [7, 11) is 0. The van der Waals surface area contributed by atoms with Crippen LogP contribution in [0.5, 0.6) is 5.75 Å². The molecule has 0 amide bonds. The molecule has 2 heterocycles. The maximum atomic E-state index is 12.1. The summed E-state index contributed by atoms with van der Waals surface area (Å²) in [5.74, 6) is 1.87. The molecule has 1 spiro atoms. The second-order valence-corrected chi connectivity index (χ2v) is 8.75. The first kappa shape index (κ1) is 13.9. The first-order valence-corrected chi connectivity index (χ1v) is 9.56. The van der Waals surface area contributed by atoms with Crippen LogP contribution in [-0.2, 0) is 11.8 Å². The molecule has 4 atom stereocenters. The van der Waals surface area contributed by atoms with Crippen LogP contribution in [0.15, 0.2) is 30.4 Å². The number of benzene rings is 1. The zero-order chi connectivity index (χ0) is 16.1. The number of nitrogens with zero attached hydrogens (tertiary/aromatic N) is 1. The maximum Gasteiger partial charge on any atom is 0.132 e. The highest BCUT2D eigenvalue weighted by Gasteiger charge is 2.71. The zero-order valence-electron chi connectivity index (χ0n) is 14.1. The smallest absolute Gasteiger partial charge is 0.132 e. The van der Waals surface area contributed by atoms with Crippen molar-refractivity contribution in [1.29, 1.82) is 0 Å². The summed E-state index contributed by atoms with van der Waals surface area (Å²) in [6.07, 6.45) is 6.41. The molecule has 1 saturated heterocycles. The summed E-state index contributed by atoms with van der Waals surface area (Å²) in [4.78, 5) is 2.61. The van der Waals surface area contributed by atoms with Gasteiger partial charge in [0.1, 0.15) is 11.9 Å². The van der Waals surface area contributed by atoms with Gasteiger partial charge in [-0.3, -0.25) is 4.90 Å². The Kier molecular flexibility index (Phi) is 2.47. The van der Waals surface area contributed by atoms with Gasteiger partial charge >= 0.3 is 0 Å². The second-order valence-electron chi connectivity index (χ2n) is 8.75. The predicted octanol–water partition coefficient (Wildman–Crippen LogP) is 2.81. The standard InChI is InChI=1S/C21H25NO2/c1-13-7-8-21(23)17-11-15-3-2-4-16-18(15)20(21,19(13)24-16)9-10-22(17)12-14-5-6-14/h2-4,14,17,19,23H,1,5-12H2. The van der Waals surface area contributed by atoms with Crippen molar-refractivity contribution in [3.05, 3.63) is 41.5 Å². The van der Waals surface area contributed by atoms with Gasteiger partial charge in [-0.15, -0.1) is 0 Å². The van der Waals surface area contributed by atoms with E-state index in [9.17, 15) is 5.11 Å². The molecule has 0 aromatic heterocycles. The van der Waals surface area contributed by atoms with E-state index in [0.29, 0.717) is 0 Å². The van der Waals surface area contributed by atoms with Crippen molar-refractivity contribution in [3.63, 3.8) is 0 Å². The van der Waals surface area contributed by atoms with Crippen molar-refractivity contribution < 1.29 is 9.84 Å². The Balaban J connectivity index is 1.56. The third kappa shape index (κ3) is 1.44. The van der Waals surface area contributed by atoms with E-state index in [1.54, 1.807) is 0 Å². The SMILES string of the molecule is C=C1CCC2(O)C3Cc4cccc5c4C2(CCN3CC2CC2)C1O5. The second kappa shape index (κ2) is 4.25. The molecule has 126 valence electrons. The minimum absolute atomic E-state index is 0.0294. The predicted molar refractivity (Wildman–Crippen MR) is 92.3 cm³/mol. The van der Waals surface area contributed by atoms with Crippen LogP contribution in [0.3, 0.4) is 0 Å². The van der Waals surface area contributed by atoms with Gasteiger partial charge in [-0.2, -0.15) is 0 Å². The lowest BCUT2D eigenvalue weighted by molar-refractivity contribution is -0.174. The Morgan fingerprint density at radius 1 is 1.29 bits per heavy atom. The van der Waals surface area contributed by atoms with Gasteiger partial charge in [-0.05, 0) is 68.2 Å². The van der Waals surface area contributed by atoms with Crippen LogP contribution in [0.2, 0.25) is 0 Å². The summed E-state index contributed by atoms with van der Waals surface area (Å²) in [5, 5.41) is 12.1. The molecule has 2 saturated carbocycles. The molecule has 1 aromatic carbocycles. The average Bonchev–Trinajstić information content (AvgIpc) is 3.31. The number of aliphatic hydroxyl groups is 1. The van der Waals surface area contributed by atoms with E-state index in [-0.39, 0.29) is 17.6 Å². The molecule has 1 aromatic rings. The molecule has 3 heteroatoms. The van der Waals surface area contributed by atoms with Gasteiger partial charge in [-0.1, -0.05) is 18.7 Å². The van der Waals surface area contributed by atoms with Gasteiger partial charge in [0.25, 0.3) is 0 Å². The quantitative estimate of drug-likeness (QED) is 0.850. The average molecular weight is 323 g/mol. The molecule has 3 nitrogen and oxygen atoms in total. The van der Waals surface area contributed by atoms with E-state index >= 15 is 0 Å². The Morgan fingerprint density at radius 2 is 2.17 bits per heavy atom. The lowest BCUT2D eigenvalue weighted by Gasteiger charge is -2.63. The van der Waals surface area contributed by atoms with Crippen LogP contribution >= 0.6 is 0 Å². The molecule has 2 aliphatic heterocycles. The Morgan fingerprint density at radius 3 is 3.00 bits per heavy atom. The molecule has 2 bridgehead atoms. The van der Waals surface area contributed by atoms with E-state index in [2.05, 4.69) is 29.7 Å². The molecule has 3 aliphatic carbocycles. The number of hydrogen-bond donors (Lipinski definition) is 1. The van der Waals surface area contributed by atoms with Gasteiger partial charge in [0.15, 0.2) is 0 Å². The van der Waals surface area contributed by atoms with Crippen molar-refractivity contribution in [2.24, 2.45) is 5.92 Å². The molecule has 1 N–H and O–H groups in total. The first-order valence-electron chi connectivity index (χ1n) is 9.56. The highest BCUT2D eigenvalue weighted by molar-refractivity contribution is 5.59. The van der Waals surface area contributed by atoms with Crippen molar-refractivity contribution in [1.82, 2.24) is 4.90 Å². The molecule has 3 fully saturated rings. The van der Waals surface area contributed by atoms with Crippen LogP contribution in [0.1, 0.15) is 43.2 Å². The third-order valence-corrected chi connectivity index (χ3v) is 7.61. The van der Waals surface area contributed by atoms with Gasteiger partial charge in [0.05, 0.1) is 11.0 Å². The molecule has 6 rings (SSSR count). The zero-order valence-corrected chi connectivity index (χ0v) is 14.1. The van der Waals surface area contributed by atoms with Crippen LogP contribution in [0.25, 0.3) is 0 Å². The normalized spacial score (nSPS) is 42.6. The van der Waals surface area contributed by atoms with E-state index in [1.807, 2.05) is 0 Å². The lowest BCUT2D eigenvalue weighted by atomic mass is 9.48. The van der Waals surface area contributed by atoms with Crippen LogP contribution in [0.4, 0.5) is 0 Å². The molecular formula is C21H25NO2. The van der Waals surface area contributed by atoms with Gasteiger partial charge in [0.2, 0.25) is 0 Å². The van der Waals surface area contributed by atoms with E-state index in [1.165, 1.54) is 36.1 Å². The van der Waals surface area contributed by atoms with Crippen molar-refractivity contribution in [2.45, 2.75) is 61.7 Å².